The van der Waals surface area contributed by atoms with Crippen LogP contribution in [0.15, 0.2) is 42.5 Å². The first-order valence-electron chi connectivity index (χ1n) is 7.89. The molecule has 0 saturated heterocycles. The van der Waals surface area contributed by atoms with Crippen LogP contribution in [0, 0.1) is 0 Å². The number of halogens is 2. The van der Waals surface area contributed by atoms with Crippen LogP contribution in [-0.2, 0) is 13.9 Å². The van der Waals surface area contributed by atoms with Crippen molar-refractivity contribution in [3.63, 3.8) is 0 Å². The van der Waals surface area contributed by atoms with E-state index >= 15 is 0 Å². The van der Waals surface area contributed by atoms with Crippen molar-refractivity contribution in [2.45, 2.75) is 5.25 Å². The van der Waals surface area contributed by atoms with Gasteiger partial charge in [-0.3, -0.25) is 0 Å². The normalized spacial score (nSPS) is 11.7. The van der Waals surface area contributed by atoms with E-state index in [-0.39, 0.29) is 29.2 Å². The minimum atomic E-state index is -4.07. The Morgan fingerprint density at radius 3 is 2.29 bits per heavy atom. The van der Waals surface area contributed by atoms with Gasteiger partial charge in [-0.05, 0) is 6.07 Å². The lowest BCUT2D eigenvalue weighted by molar-refractivity contribution is -0.165. The highest BCUT2D eigenvalue weighted by atomic mass is 32.2. The van der Waals surface area contributed by atoms with E-state index in [0.29, 0.717) is 16.2 Å². The maximum absolute atomic E-state index is 13.1. The lowest BCUT2D eigenvalue weighted by Gasteiger charge is -2.15. The van der Waals surface area contributed by atoms with Gasteiger partial charge in [0.2, 0.25) is 0 Å². The molecule has 0 radical (unpaired) electrons. The Bertz CT molecular complexity index is 1030. The van der Waals surface area contributed by atoms with E-state index in [0.717, 1.165) is 0 Å². The summed E-state index contributed by atoms with van der Waals surface area (Å²) < 4.78 is 39.3. The molecule has 0 unspecified atom stereocenters. The standard InChI is InChI=1S/C18H14F2O7S/c19-18(20,28-27-24)17(23)26-9-8-25-13-7-3-6-12-14(13)16(22)11-5-2-1-4-10(11)15(12)21/h1-7,21-22,24H,8-9H2. The number of phenolic OH excluding ortho intramolecular Hbond substituents is 2. The fraction of sp³-hybridized carbons (Fsp3) is 0.167. The van der Waals surface area contributed by atoms with Gasteiger partial charge in [-0.2, -0.15) is 13.1 Å². The number of benzene rings is 3. The minimum Gasteiger partial charge on any atom is -0.507 e. The number of phenols is 2. The van der Waals surface area contributed by atoms with Gasteiger partial charge in [0.1, 0.15) is 42.5 Å². The summed E-state index contributed by atoms with van der Waals surface area (Å²) >= 11 is -0.751. The molecule has 3 N–H and O–H groups in total. The molecule has 0 fully saturated rings. The van der Waals surface area contributed by atoms with E-state index in [1.807, 2.05) is 0 Å². The number of carbonyl (C=O) groups is 1. The number of aromatic hydroxyl groups is 2. The van der Waals surface area contributed by atoms with Gasteiger partial charge in [0, 0.05) is 16.2 Å². The fourth-order valence-electron chi connectivity index (χ4n) is 2.72. The molecule has 0 aliphatic heterocycles. The second-order valence-corrected chi connectivity index (χ2v) is 6.41. The predicted molar refractivity (Wildman–Crippen MR) is 97.5 cm³/mol. The van der Waals surface area contributed by atoms with Crippen molar-refractivity contribution >= 4 is 39.6 Å². The van der Waals surface area contributed by atoms with E-state index in [1.54, 1.807) is 36.4 Å². The zero-order chi connectivity index (χ0) is 20.3. The summed E-state index contributed by atoms with van der Waals surface area (Å²) in [7, 11) is 0. The molecule has 0 saturated carbocycles. The third-order valence-corrected chi connectivity index (χ3v) is 4.36. The quantitative estimate of drug-likeness (QED) is 0.102. The fourth-order valence-corrected chi connectivity index (χ4v) is 2.94. The molecular weight excluding hydrogens is 398 g/mol. The lowest BCUT2D eigenvalue weighted by atomic mass is 10.00. The second kappa shape index (κ2) is 8.05. The van der Waals surface area contributed by atoms with Gasteiger partial charge in [-0.1, -0.05) is 36.4 Å². The van der Waals surface area contributed by atoms with Crippen LogP contribution in [0.4, 0.5) is 8.78 Å². The first-order valence-corrected chi connectivity index (χ1v) is 8.63. The number of ether oxygens (including phenoxy) is 2. The average Bonchev–Trinajstić information content (AvgIpc) is 2.69. The van der Waals surface area contributed by atoms with Crippen molar-refractivity contribution in [1.29, 1.82) is 0 Å². The Morgan fingerprint density at radius 2 is 1.61 bits per heavy atom. The molecule has 7 nitrogen and oxygen atoms in total. The molecule has 0 aliphatic carbocycles. The van der Waals surface area contributed by atoms with Crippen molar-refractivity contribution in [2.24, 2.45) is 0 Å². The molecule has 3 aromatic carbocycles. The smallest absolute Gasteiger partial charge is 0.415 e. The number of alkyl halides is 2. The zero-order valence-electron chi connectivity index (χ0n) is 14.1. The third-order valence-electron chi connectivity index (χ3n) is 3.91. The third kappa shape index (κ3) is 3.75. The van der Waals surface area contributed by atoms with Gasteiger partial charge in [-0.15, -0.1) is 0 Å². The molecule has 0 aliphatic rings. The number of hydrogen-bond acceptors (Lipinski definition) is 8. The van der Waals surface area contributed by atoms with E-state index < -0.39 is 29.9 Å². The van der Waals surface area contributed by atoms with Gasteiger partial charge in [0.05, 0.1) is 5.39 Å². The summed E-state index contributed by atoms with van der Waals surface area (Å²) in [6.07, 6.45) is 0. The Hall–Kier alpha value is -2.82. The molecule has 28 heavy (non-hydrogen) atoms. The Labute approximate surface area is 161 Å². The SMILES string of the molecule is O=C(OCCOc1cccc2c(O)c3ccccc3c(O)c12)C(F)(F)SOO. The molecule has 0 heterocycles. The van der Waals surface area contributed by atoms with Gasteiger partial charge < -0.3 is 19.7 Å². The summed E-state index contributed by atoms with van der Waals surface area (Å²) in [4.78, 5) is 11.2. The van der Waals surface area contributed by atoms with Crippen molar-refractivity contribution in [3.8, 4) is 17.2 Å². The van der Waals surface area contributed by atoms with Crippen LogP contribution < -0.4 is 4.74 Å². The molecule has 0 aromatic heterocycles. The molecule has 0 bridgehead atoms. The van der Waals surface area contributed by atoms with Gasteiger partial charge in [0.25, 0.3) is 0 Å². The van der Waals surface area contributed by atoms with Crippen molar-refractivity contribution in [3.05, 3.63) is 42.5 Å². The molecule has 0 amide bonds. The summed E-state index contributed by atoms with van der Waals surface area (Å²) in [6, 6.07) is 11.4. The van der Waals surface area contributed by atoms with E-state index in [4.69, 9.17) is 9.99 Å². The van der Waals surface area contributed by atoms with Crippen LogP contribution in [0.25, 0.3) is 21.5 Å². The average molecular weight is 412 g/mol. The van der Waals surface area contributed by atoms with Crippen LogP contribution in [0.3, 0.4) is 0 Å². The van der Waals surface area contributed by atoms with E-state index in [2.05, 4.69) is 9.07 Å². The maximum Gasteiger partial charge on any atom is 0.415 e. The minimum absolute atomic E-state index is 0.0408. The number of fused-ring (bicyclic) bond motifs is 2. The zero-order valence-corrected chi connectivity index (χ0v) is 14.9. The molecule has 0 atom stereocenters. The largest absolute Gasteiger partial charge is 0.507 e. The van der Waals surface area contributed by atoms with Crippen LogP contribution in [0.1, 0.15) is 0 Å². The molecule has 0 spiro atoms. The highest BCUT2D eigenvalue weighted by molar-refractivity contribution is 7.96. The Morgan fingerprint density at radius 1 is 0.964 bits per heavy atom. The summed E-state index contributed by atoms with van der Waals surface area (Å²) in [5.41, 5.74) is 0. The lowest BCUT2D eigenvalue weighted by Crippen LogP contribution is -2.28. The van der Waals surface area contributed by atoms with Gasteiger partial charge in [-0.25, -0.2) is 10.1 Å². The highest BCUT2D eigenvalue weighted by Crippen LogP contribution is 2.45. The first-order chi connectivity index (χ1) is 13.4. The number of esters is 1. The monoisotopic (exact) mass is 412 g/mol. The topological polar surface area (TPSA) is 105 Å². The summed E-state index contributed by atoms with van der Waals surface area (Å²) in [5.74, 6) is -1.88. The molecular formula is C18H14F2O7S. The molecule has 10 heteroatoms. The van der Waals surface area contributed by atoms with Crippen LogP contribution >= 0.6 is 12.0 Å². The summed E-state index contributed by atoms with van der Waals surface area (Å²) in [5, 5.41) is 26.5. The van der Waals surface area contributed by atoms with Crippen molar-refractivity contribution < 1.29 is 42.9 Å². The first kappa shape index (κ1) is 19.9. The van der Waals surface area contributed by atoms with Crippen LogP contribution in [0.5, 0.6) is 17.2 Å². The molecule has 3 rings (SSSR count). The number of hydrogen-bond donors (Lipinski definition) is 3. The van der Waals surface area contributed by atoms with Crippen molar-refractivity contribution in [1.82, 2.24) is 0 Å². The molecule has 3 aromatic rings. The van der Waals surface area contributed by atoms with E-state index in [1.165, 1.54) is 6.07 Å². The van der Waals surface area contributed by atoms with E-state index in [9.17, 15) is 23.8 Å². The maximum atomic E-state index is 13.1. The van der Waals surface area contributed by atoms with Gasteiger partial charge >= 0.3 is 11.2 Å². The Kier molecular flexibility index (Phi) is 5.73. The highest BCUT2D eigenvalue weighted by Gasteiger charge is 2.43. The van der Waals surface area contributed by atoms with Crippen LogP contribution in [-0.4, -0.2) is 39.9 Å². The molecule has 148 valence electrons. The van der Waals surface area contributed by atoms with Gasteiger partial charge in [0.15, 0.2) is 0 Å². The predicted octanol–water partition coefficient (Wildman–Crippen LogP) is 4.06. The summed E-state index contributed by atoms with van der Waals surface area (Å²) in [6.45, 7) is -0.810. The van der Waals surface area contributed by atoms with Crippen molar-refractivity contribution in [2.75, 3.05) is 13.2 Å². The Balaban J connectivity index is 1.80. The van der Waals surface area contributed by atoms with Crippen LogP contribution in [0.2, 0.25) is 0 Å². The number of rotatable bonds is 7. The number of carbonyl (C=O) groups excluding carboxylic acids is 1. The second-order valence-electron chi connectivity index (χ2n) is 5.58.